The fourth-order valence-electron chi connectivity index (χ4n) is 1.81. The second-order valence-corrected chi connectivity index (χ2v) is 4.34. The number of ether oxygens (including phenoxy) is 1. The third-order valence-corrected chi connectivity index (χ3v) is 3.03. The molecule has 0 aliphatic carbocycles. The molecule has 0 fully saturated rings. The Labute approximate surface area is 114 Å². The molecule has 96 valence electrons. The molecule has 0 unspecified atom stereocenters. The summed E-state index contributed by atoms with van der Waals surface area (Å²) in [6.07, 6.45) is 3.56. The average molecular weight is 272 g/mol. The van der Waals surface area contributed by atoms with Crippen molar-refractivity contribution in [2.45, 2.75) is 0 Å². The van der Waals surface area contributed by atoms with Gasteiger partial charge in [-0.15, -0.1) is 0 Å². The molecule has 3 aromatic rings. The Balaban J connectivity index is 1.86. The quantitative estimate of drug-likeness (QED) is 0.635. The summed E-state index contributed by atoms with van der Waals surface area (Å²) in [7, 11) is 0. The number of hydrogen-bond acceptors (Lipinski definition) is 5. The molecule has 0 amide bonds. The molecule has 0 atom stereocenters. The van der Waals surface area contributed by atoms with Gasteiger partial charge in [-0.05, 0) is 36.4 Å². The maximum absolute atomic E-state index is 5.86. The fourth-order valence-corrected chi connectivity index (χ4v) is 2.08. The lowest BCUT2D eigenvalue weighted by molar-refractivity contribution is 0.488. The number of anilines is 1. The van der Waals surface area contributed by atoms with Gasteiger partial charge in [0.05, 0.1) is 5.39 Å². The van der Waals surface area contributed by atoms with E-state index in [4.69, 9.17) is 9.88 Å². The van der Waals surface area contributed by atoms with Gasteiger partial charge in [0.1, 0.15) is 17.1 Å². The molecule has 0 saturated heterocycles. The molecule has 3 rings (SSSR count). The van der Waals surface area contributed by atoms with E-state index in [1.165, 1.54) is 0 Å². The first kappa shape index (κ1) is 11.9. The molecule has 0 saturated carbocycles. The Hall–Kier alpha value is -2.18. The van der Waals surface area contributed by atoms with Crippen LogP contribution in [0.2, 0.25) is 0 Å². The van der Waals surface area contributed by atoms with Crippen LogP contribution in [0.3, 0.4) is 0 Å². The molecule has 19 heavy (non-hydrogen) atoms. The smallest absolute Gasteiger partial charge is 0.140 e. The van der Waals surface area contributed by atoms with Crippen LogP contribution in [-0.2, 0) is 0 Å². The minimum Gasteiger partial charge on any atom is -0.457 e. The molecule has 5 nitrogen and oxygen atoms in total. The molecular weight excluding hydrogens is 260 g/mol. The number of nitrogens with one attached hydrogen (secondary N) is 2. The normalized spacial score (nSPS) is 10.6. The van der Waals surface area contributed by atoms with Crippen molar-refractivity contribution in [2.75, 3.05) is 4.72 Å². The Bertz CT molecular complexity index is 680. The van der Waals surface area contributed by atoms with Crippen molar-refractivity contribution >= 4 is 28.9 Å². The number of nitrogens with two attached hydrogens (primary N) is 1. The van der Waals surface area contributed by atoms with E-state index in [9.17, 15) is 0 Å². The zero-order valence-corrected chi connectivity index (χ0v) is 10.8. The van der Waals surface area contributed by atoms with Crippen LogP contribution in [0, 0.1) is 0 Å². The van der Waals surface area contributed by atoms with Crippen molar-refractivity contribution in [3.05, 3.63) is 48.8 Å². The van der Waals surface area contributed by atoms with Crippen LogP contribution in [0.25, 0.3) is 11.0 Å². The van der Waals surface area contributed by atoms with Gasteiger partial charge in [-0.1, -0.05) is 0 Å². The topological polar surface area (TPSA) is 76.0 Å². The zero-order valence-electron chi connectivity index (χ0n) is 9.96. The Morgan fingerprint density at radius 1 is 1.16 bits per heavy atom. The third-order valence-electron chi connectivity index (χ3n) is 2.68. The summed E-state index contributed by atoms with van der Waals surface area (Å²) in [6.45, 7) is 0. The van der Waals surface area contributed by atoms with Crippen LogP contribution in [0.5, 0.6) is 11.5 Å². The number of fused-ring (bicyclic) bond motifs is 1. The van der Waals surface area contributed by atoms with Crippen molar-refractivity contribution in [1.82, 2.24) is 9.97 Å². The van der Waals surface area contributed by atoms with Crippen molar-refractivity contribution in [3.8, 4) is 11.5 Å². The van der Waals surface area contributed by atoms with Gasteiger partial charge in [0.2, 0.25) is 0 Å². The Morgan fingerprint density at radius 3 is 2.79 bits per heavy atom. The van der Waals surface area contributed by atoms with E-state index < -0.39 is 0 Å². The first-order chi connectivity index (χ1) is 9.36. The summed E-state index contributed by atoms with van der Waals surface area (Å²) >= 11 is 1.06. The van der Waals surface area contributed by atoms with Gasteiger partial charge in [-0.25, -0.2) is 4.98 Å². The third kappa shape index (κ3) is 2.49. The highest BCUT2D eigenvalue weighted by Gasteiger charge is 2.04. The number of pyridine rings is 1. The number of aromatic nitrogens is 2. The second-order valence-electron chi connectivity index (χ2n) is 3.90. The minimum atomic E-state index is 0.765. The lowest BCUT2D eigenvalue weighted by atomic mass is 10.3. The number of nitrogens with zero attached hydrogens (tertiary/aromatic N) is 1. The number of hydrogen-bond donors (Lipinski definition) is 3. The van der Waals surface area contributed by atoms with Crippen molar-refractivity contribution in [3.63, 3.8) is 0 Å². The lowest BCUT2D eigenvalue weighted by Crippen LogP contribution is -1.91. The first-order valence-electron chi connectivity index (χ1n) is 5.68. The molecule has 2 aromatic heterocycles. The Morgan fingerprint density at radius 2 is 2.00 bits per heavy atom. The maximum Gasteiger partial charge on any atom is 0.140 e. The predicted molar refractivity (Wildman–Crippen MR) is 78.0 cm³/mol. The average Bonchev–Trinajstić information content (AvgIpc) is 2.91. The van der Waals surface area contributed by atoms with Gasteiger partial charge < -0.3 is 14.4 Å². The van der Waals surface area contributed by atoms with Crippen LogP contribution in [-0.4, -0.2) is 9.97 Å². The van der Waals surface area contributed by atoms with E-state index in [0.717, 1.165) is 40.4 Å². The van der Waals surface area contributed by atoms with E-state index in [2.05, 4.69) is 14.7 Å². The molecule has 0 radical (unpaired) electrons. The summed E-state index contributed by atoms with van der Waals surface area (Å²) in [5.74, 6) is 1.54. The molecule has 1 aromatic carbocycles. The highest BCUT2D eigenvalue weighted by Crippen LogP contribution is 2.28. The summed E-state index contributed by atoms with van der Waals surface area (Å²) in [4.78, 5) is 7.27. The molecule has 0 bridgehead atoms. The van der Waals surface area contributed by atoms with Crippen LogP contribution in [0.15, 0.2) is 48.8 Å². The van der Waals surface area contributed by atoms with E-state index in [1.54, 1.807) is 6.20 Å². The molecule has 0 aliphatic rings. The van der Waals surface area contributed by atoms with Gasteiger partial charge in [-0.2, -0.15) is 0 Å². The number of aromatic amines is 1. The van der Waals surface area contributed by atoms with Crippen LogP contribution >= 0.6 is 12.1 Å². The van der Waals surface area contributed by atoms with E-state index >= 15 is 0 Å². The number of rotatable bonds is 4. The fraction of sp³-hybridized carbons (Fsp3) is 0. The summed E-state index contributed by atoms with van der Waals surface area (Å²) in [5, 5.41) is 6.30. The highest BCUT2D eigenvalue weighted by molar-refractivity contribution is 7.98. The molecule has 2 heterocycles. The summed E-state index contributed by atoms with van der Waals surface area (Å²) in [6, 6.07) is 11.4. The van der Waals surface area contributed by atoms with Gasteiger partial charge in [-0.3, -0.25) is 5.14 Å². The Kier molecular flexibility index (Phi) is 3.26. The molecule has 0 aliphatic heterocycles. The molecule has 0 spiro atoms. The van der Waals surface area contributed by atoms with Crippen LogP contribution < -0.4 is 14.6 Å². The van der Waals surface area contributed by atoms with Crippen molar-refractivity contribution < 1.29 is 4.74 Å². The van der Waals surface area contributed by atoms with Gasteiger partial charge >= 0.3 is 0 Å². The minimum absolute atomic E-state index is 0.765. The standard InChI is InChI=1S/C13H12N4OS/c14-19-17-9-1-3-10(4-2-9)18-12-6-8-16-13-11(12)5-7-15-13/h1-8,17H,14H2,(H,15,16). The highest BCUT2D eigenvalue weighted by atomic mass is 32.2. The van der Waals surface area contributed by atoms with Crippen molar-refractivity contribution in [1.29, 1.82) is 0 Å². The van der Waals surface area contributed by atoms with E-state index in [1.807, 2.05) is 42.6 Å². The van der Waals surface area contributed by atoms with Gasteiger partial charge in [0.25, 0.3) is 0 Å². The maximum atomic E-state index is 5.86. The molecule has 6 heteroatoms. The molecule has 4 N–H and O–H groups in total. The van der Waals surface area contributed by atoms with Gasteiger partial charge in [0.15, 0.2) is 0 Å². The van der Waals surface area contributed by atoms with Crippen LogP contribution in [0.4, 0.5) is 5.69 Å². The SMILES string of the molecule is NSNc1ccc(Oc2ccnc3[nH]ccc23)cc1. The number of H-pyrrole nitrogens is 1. The zero-order chi connectivity index (χ0) is 13.1. The van der Waals surface area contributed by atoms with Crippen molar-refractivity contribution in [2.24, 2.45) is 5.14 Å². The summed E-state index contributed by atoms with van der Waals surface area (Å²) < 4.78 is 8.81. The largest absolute Gasteiger partial charge is 0.457 e. The summed E-state index contributed by atoms with van der Waals surface area (Å²) in [5.41, 5.74) is 1.75. The monoisotopic (exact) mass is 272 g/mol. The molecular formula is C13H12N4OS. The van der Waals surface area contributed by atoms with Gasteiger partial charge in [0, 0.05) is 30.2 Å². The lowest BCUT2D eigenvalue weighted by Gasteiger charge is -2.07. The predicted octanol–water partition coefficient (Wildman–Crippen LogP) is 3.29. The number of benzene rings is 1. The second kappa shape index (κ2) is 5.21. The first-order valence-corrected chi connectivity index (χ1v) is 6.56. The van der Waals surface area contributed by atoms with Crippen LogP contribution in [0.1, 0.15) is 0 Å². The van der Waals surface area contributed by atoms with E-state index in [-0.39, 0.29) is 0 Å². The van der Waals surface area contributed by atoms with E-state index in [0.29, 0.717) is 0 Å².